The van der Waals surface area contributed by atoms with Crippen molar-refractivity contribution in [1.82, 2.24) is 30.0 Å². The van der Waals surface area contributed by atoms with Crippen LogP contribution in [0.25, 0.3) is 5.82 Å². The van der Waals surface area contributed by atoms with E-state index in [1.165, 1.54) is 11.3 Å². The Bertz CT molecular complexity index is 831. The zero-order chi connectivity index (χ0) is 17.1. The monoisotopic (exact) mass is 352 g/mol. The van der Waals surface area contributed by atoms with Crippen molar-refractivity contribution in [3.05, 3.63) is 59.8 Å². The van der Waals surface area contributed by atoms with Gasteiger partial charge in [0.2, 0.25) is 0 Å². The summed E-state index contributed by atoms with van der Waals surface area (Å²) in [6, 6.07) is 6.22. The summed E-state index contributed by atoms with van der Waals surface area (Å²) in [7, 11) is 0. The Morgan fingerprint density at radius 1 is 1.20 bits per heavy atom. The number of hydrogen-bond donors (Lipinski definition) is 1. The molecular formula is C18H20N6S. The summed E-state index contributed by atoms with van der Waals surface area (Å²) in [5, 5.41) is 9.02. The summed E-state index contributed by atoms with van der Waals surface area (Å²) < 4.78 is 1.97. The Kier molecular flexibility index (Phi) is 4.76. The molecule has 1 aliphatic rings. The third-order valence-electron chi connectivity index (χ3n) is 4.47. The van der Waals surface area contributed by atoms with Crippen molar-refractivity contribution in [3.63, 3.8) is 0 Å². The van der Waals surface area contributed by atoms with Crippen LogP contribution in [0.3, 0.4) is 0 Å². The van der Waals surface area contributed by atoms with Crippen LogP contribution in [-0.4, -0.2) is 31.0 Å². The fourth-order valence-corrected chi connectivity index (χ4v) is 3.54. The van der Waals surface area contributed by atoms with Gasteiger partial charge >= 0.3 is 0 Å². The minimum Gasteiger partial charge on any atom is -0.306 e. The molecule has 1 aliphatic carbocycles. The molecule has 4 rings (SSSR count). The molecule has 1 atom stereocenters. The standard InChI is InChI=1S/C18H20N6S/c1-25-18-21-10-13(11-22-18)9-20-15-5-4-6-16-14(15)12-23-24(16)17-7-2-3-8-19-17/h2-3,7-8,10-12,15,20H,4-6,9H2,1H3. The number of thioether (sulfide) groups is 1. The van der Waals surface area contributed by atoms with Gasteiger partial charge in [-0.2, -0.15) is 5.10 Å². The van der Waals surface area contributed by atoms with Gasteiger partial charge in [0.05, 0.1) is 11.9 Å². The Morgan fingerprint density at radius 3 is 2.84 bits per heavy atom. The van der Waals surface area contributed by atoms with Gasteiger partial charge in [-0.25, -0.2) is 19.6 Å². The second-order valence-corrected chi connectivity index (χ2v) is 6.82. The Morgan fingerprint density at radius 2 is 2.08 bits per heavy atom. The maximum Gasteiger partial charge on any atom is 0.187 e. The first-order valence-electron chi connectivity index (χ1n) is 8.41. The smallest absolute Gasteiger partial charge is 0.187 e. The highest BCUT2D eigenvalue weighted by atomic mass is 32.2. The lowest BCUT2D eigenvalue weighted by Gasteiger charge is -2.24. The molecule has 128 valence electrons. The van der Waals surface area contributed by atoms with Crippen molar-refractivity contribution in [2.45, 2.75) is 37.0 Å². The van der Waals surface area contributed by atoms with Crippen molar-refractivity contribution >= 4 is 11.8 Å². The van der Waals surface area contributed by atoms with Crippen LogP contribution in [0, 0.1) is 0 Å². The number of hydrogen-bond acceptors (Lipinski definition) is 6. The molecule has 1 unspecified atom stereocenters. The molecule has 25 heavy (non-hydrogen) atoms. The zero-order valence-electron chi connectivity index (χ0n) is 14.1. The van der Waals surface area contributed by atoms with Gasteiger partial charge in [0.15, 0.2) is 11.0 Å². The summed E-state index contributed by atoms with van der Waals surface area (Å²) in [4.78, 5) is 13.1. The molecule has 0 saturated heterocycles. The highest BCUT2D eigenvalue weighted by Crippen LogP contribution is 2.30. The van der Waals surface area contributed by atoms with Crippen molar-refractivity contribution < 1.29 is 0 Å². The van der Waals surface area contributed by atoms with Gasteiger partial charge in [-0.3, -0.25) is 0 Å². The van der Waals surface area contributed by atoms with E-state index >= 15 is 0 Å². The molecule has 7 heteroatoms. The largest absolute Gasteiger partial charge is 0.306 e. The van der Waals surface area contributed by atoms with Crippen LogP contribution in [0.4, 0.5) is 0 Å². The highest BCUT2D eigenvalue weighted by Gasteiger charge is 2.24. The molecule has 0 fully saturated rings. The SMILES string of the molecule is CSc1ncc(CNC2CCCc3c2cnn3-c2ccccn2)cn1. The number of nitrogens with zero attached hydrogens (tertiary/aromatic N) is 5. The van der Waals surface area contributed by atoms with Crippen molar-refractivity contribution in [1.29, 1.82) is 0 Å². The minimum atomic E-state index is 0.307. The fourth-order valence-electron chi connectivity index (χ4n) is 3.23. The zero-order valence-corrected chi connectivity index (χ0v) is 14.9. The quantitative estimate of drug-likeness (QED) is 0.562. The lowest BCUT2D eigenvalue weighted by atomic mass is 9.93. The van der Waals surface area contributed by atoms with Crippen LogP contribution in [0.1, 0.15) is 35.7 Å². The number of aromatic nitrogens is 5. The van der Waals surface area contributed by atoms with E-state index < -0.39 is 0 Å². The molecule has 0 radical (unpaired) electrons. The summed E-state index contributed by atoms with van der Waals surface area (Å²) in [5.41, 5.74) is 3.64. The molecule has 0 aliphatic heterocycles. The molecule has 0 spiro atoms. The molecule has 3 heterocycles. The predicted molar refractivity (Wildman–Crippen MR) is 97.7 cm³/mol. The maximum absolute atomic E-state index is 4.58. The average Bonchev–Trinajstić information content (AvgIpc) is 3.12. The molecule has 0 aromatic carbocycles. The van der Waals surface area contributed by atoms with Crippen LogP contribution < -0.4 is 5.32 Å². The van der Waals surface area contributed by atoms with Gasteiger partial charge in [-0.1, -0.05) is 17.8 Å². The Balaban J connectivity index is 1.51. The number of nitrogens with one attached hydrogen (secondary N) is 1. The van der Waals surface area contributed by atoms with E-state index in [0.29, 0.717) is 6.04 Å². The van der Waals surface area contributed by atoms with Gasteiger partial charge in [0.1, 0.15) is 0 Å². The van der Waals surface area contributed by atoms with Gasteiger partial charge < -0.3 is 5.32 Å². The van der Waals surface area contributed by atoms with E-state index in [1.807, 2.05) is 47.7 Å². The summed E-state index contributed by atoms with van der Waals surface area (Å²) in [5.74, 6) is 0.880. The number of pyridine rings is 1. The first-order valence-corrected chi connectivity index (χ1v) is 9.64. The normalized spacial score (nSPS) is 16.6. The first kappa shape index (κ1) is 16.2. The van der Waals surface area contributed by atoms with Gasteiger partial charge in [0.25, 0.3) is 0 Å². The van der Waals surface area contributed by atoms with Gasteiger partial charge in [-0.05, 0) is 37.7 Å². The Hall–Kier alpha value is -2.25. The van der Waals surface area contributed by atoms with Gasteiger partial charge in [0, 0.05) is 42.3 Å². The van der Waals surface area contributed by atoms with Crippen molar-refractivity contribution in [3.8, 4) is 5.82 Å². The second kappa shape index (κ2) is 7.33. The summed E-state index contributed by atoms with van der Waals surface area (Å²) in [6.07, 6.45) is 12.9. The van der Waals surface area contributed by atoms with Crippen LogP contribution in [0.5, 0.6) is 0 Å². The summed E-state index contributed by atoms with van der Waals surface area (Å²) >= 11 is 1.56. The lowest BCUT2D eigenvalue weighted by molar-refractivity contribution is 0.453. The lowest BCUT2D eigenvalue weighted by Crippen LogP contribution is -2.25. The summed E-state index contributed by atoms with van der Waals surface area (Å²) in [6.45, 7) is 0.757. The van der Waals surface area contributed by atoms with Crippen LogP contribution in [-0.2, 0) is 13.0 Å². The molecular weight excluding hydrogens is 332 g/mol. The van der Waals surface area contributed by atoms with E-state index in [1.54, 1.807) is 18.0 Å². The predicted octanol–water partition coefficient (Wildman–Crippen LogP) is 2.95. The van der Waals surface area contributed by atoms with E-state index in [-0.39, 0.29) is 0 Å². The maximum atomic E-state index is 4.58. The molecule has 0 amide bonds. The molecule has 1 N–H and O–H groups in total. The number of fused-ring (bicyclic) bond motifs is 1. The molecule has 0 saturated carbocycles. The molecule has 6 nitrogen and oxygen atoms in total. The van der Waals surface area contributed by atoms with E-state index in [9.17, 15) is 0 Å². The minimum absolute atomic E-state index is 0.307. The van der Waals surface area contributed by atoms with Crippen molar-refractivity contribution in [2.24, 2.45) is 0 Å². The van der Waals surface area contributed by atoms with Crippen LogP contribution in [0.15, 0.2) is 48.1 Å². The third kappa shape index (κ3) is 3.43. The van der Waals surface area contributed by atoms with E-state index in [4.69, 9.17) is 0 Å². The number of rotatable bonds is 5. The van der Waals surface area contributed by atoms with Crippen molar-refractivity contribution in [2.75, 3.05) is 6.26 Å². The van der Waals surface area contributed by atoms with Gasteiger partial charge in [-0.15, -0.1) is 0 Å². The van der Waals surface area contributed by atoms with Crippen LogP contribution in [0.2, 0.25) is 0 Å². The molecule has 3 aromatic heterocycles. The van der Waals surface area contributed by atoms with Crippen LogP contribution >= 0.6 is 11.8 Å². The second-order valence-electron chi connectivity index (χ2n) is 6.05. The topological polar surface area (TPSA) is 68.5 Å². The highest BCUT2D eigenvalue weighted by molar-refractivity contribution is 7.98. The first-order chi connectivity index (χ1) is 12.3. The molecule has 3 aromatic rings. The fraction of sp³-hybridized carbons (Fsp3) is 0.333. The third-order valence-corrected chi connectivity index (χ3v) is 5.04. The van der Waals surface area contributed by atoms with E-state index in [2.05, 4.69) is 25.4 Å². The molecule has 0 bridgehead atoms. The van der Waals surface area contributed by atoms with E-state index in [0.717, 1.165) is 42.3 Å². The Labute approximate surface area is 151 Å². The average molecular weight is 352 g/mol.